The van der Waals surface area contributed by atoms with Gasteiger partial charge in [0.2, 0.25) is 11.8 Å². The lowest BCUT2D eigenvalue weighted by Crippen LogP contribution is -2.57. The van der Waals surface area contributed by atoms with E-state index < -0.39 is 36.2 Å². The Hall–Kier alpha value is -2.17. The zero-order chi connectivity index (χ0) is 21.1. The lowest BCUT2D eigenvalue weighted by molar-refractivity contribution is -0.182. The highest BCUT2D eigenvalue weighted by molar-refractivity contribution is 5.87. The van der Waals surface area contributed by atoms with Crippen molar-refractivity contribution in [2.24, 2.45) is 5.92 Å². The summed E-state index contributed by atoms with van der Waals surface area (Å²) < 4.78 is 62.7. The molecule has 1 aliphatic carbocycles. The number of hydrogen-bond donors (Lipinski definition) is 0. The highest BCUT2D eigenvalue weighted by Gasteiger charge is 2.60. The van der Waals surface area contributed by atoms with Crippen LogP contribution in [0.2, 0.25) is 0 Å². The molecule has 3 aliphatic rings. The number of carbonyl (C=O) groups excluding carboxylic acids is 1. The Labute approximate surface area is 164 Å². The van der Waals surface area contributed by atoms with Crippen LogP contribution in [0.1, 0.15) is 26.7 Å². The Morgan fingerprint density at radius 3 is 2.62 bits per heavy atom. The molecule has 1 aromatic rings. The number of carbonyl (C=O) groups is 1. The van der Waals surface area contributed by atoms with E-state index >= 15 is 0 Å². The summed E-state index contributed by atoms with van der Waals surface area (Å²) in [6.07, 6.45) is -3.45. The van der Waals surface area contributed by atoms with Crippen LogP contribution in [0.3, 0.4) is 0 Å². The smallest absolute Gasteiger partial charge is 0.377 e. The lowest BCUT2D eigenvalue weighted by Gasteiger charge is -2.37. The minimum absolute atomic E-state index is 0.255. The molecule has 0 spiro atoms. The molecule has 11 heteroatoms. The van der Waals surface area contributed by atoms with Gasteiger partial charge in [-0.3, -0.25) is 14.2 Å². The molecule has 1 saturated carbocycles. The topological polar surface area (TPSA) is 67.7 Å². The highest BCUT2D eigenvalue weighted by atomic mass is 19.4. The maximum Gasteiger partial charge on any atom is 0.413 e. The van der Waals surface area contributed by atoms with Crippen LogP contribution in [-0.4, -0.2) is 59.4 Å². The Morgan fingerprint density at radius 2 is 2.03 bits per heavy atom. The summed E-state index contributed by atoms with van der Waals surface area (Å²) in [5.74, 6) is -2.39. The summed E-state index contributed by atoms with van der Waals surface area (Å²) in [5, 5.41) is 0. The van der Waals surface area contributed by atoms with Gasteiger partial charge in [0.1, 0.15) is 0 Å². The van der Waals surface area contributed by atoms with E-state index in [9.17, 15) is 27.2 Å². The molecule has 7 nitrogen and oxygen atoms in total. The summed E-state index contributed by atoms with van der Waals surface area (Å²) in [6, 6.07) is -0.301. The van der Waals surface area contributed by atoms with Crippen molar-refractivity contribution in [2.45, 2.75) is 51.0 Å². The first-order valence-corrected chi connectivity index (χ1v) is 9.56. The normalized spacial score (nSPS) is 27.3. The lowest BCUT2D eigenvalue weighted by atomic mass is 10.00. The molecule has 4 rings (SSSR count). The molecule has 2 aliphatic heterocycles. The molecule has 1 saturated heterocycles. The van der Waals surface area contributed by atoms with Gasteiger partial charge in [0.15, 0.2) is 17.1 Å². The van der Waals surface area contributed by atoms with E-state index in [0.29, 0.717) is 17.4 Å². The van der Waals surface area contributed by atoms with Gasteiger partial charge in [0.05, 0.1) is 32.3 Å². The van der Waals surface area contributed by atoms with Crippen LogP contribution in [0.5, 0.6) is 0 Å². The number of morpholine rings is 1. The number of halogens is 4. The third-order valence-corrected chi connectivity index (χ3v) is 5.98. The van der Waals surface area contributed by atoms with Gasteiger partial charge >= 0.3 is 6.18 Å². The van der Waals surface area contributed by atoms with Crippen molar-refractivity contribution in [3.63, 3.8) is 0 Å². The predicted molar refractivity (Wildman–Crippen MR) is 95.6 cm³/mol. The maximum atomic E-state index is 14.8. The van der Waals surface area contributed by atoms with Crippen molar-refractivity contribution in [3.8, 4) is 0 Å². The monoisotopic (exact) mass is 418 g/mol. The molecule has 0 aromatic carbocycles. The molecule has 2 fully saturated rings. The van der Waals surface area contributed by atoms with Crippen molar-refractivity contribution >= 4 is 17.5 Å². The maximum absolute atomic E-state index is 14.8. The van der Waals surface area contributed by atoms with Crippen LogP contribution in [0.25, 0.3) is 0 Å². The highest BCUT2D eigenvalue weighted by Crippen LogP contribution is 2.44. The van der Waals surface area contributed by atoms with Crippen LogP contribution in [-0.2, 0) is 16.1 Å². The van der Waals surface area contributed by atoms with Crippen LogP contribution in [0.15, 0.2) is 4.79 Å². The zero-order valence-corrected chi connectivity index (χ0v) is 16.1. The molecule has 2 atom stereocenters. The summed E-state index contributed by atoms with van der Waals surface area (Å²) >= 11 is 0. The molecule has 0 N–H and O–H groups in total. The summed E-state index contributed by atoms with van der Waals surface area (Å²) in [5.41, 5.74) is -3.70. The van der Waals surface area contributed by atoms with E-state index in [4.69, 9.17) is 4.74 Å². The van der Waals surface area contributed by atoms with E-state index in [1.807, 2.05) is 0 Å². The van der Waals surface area contributed by atoms with Gasteiger partial charge in [-0.1, -0.05) is 0 Å². The number of ether oxygens (including phenoxy) is 1. The largest absolute Gasteiger partial charge is 0.413 e. The number of aromatic nitrogens is 2. The van der Waals surface area contributed by atoms with Gasteiger partial charge in [-0.05, 0) is 26.7 Å². The molecule has 0 radical (unpaired) electrons. The second-order valence-electron chi connectivity index (χ2n) is 8.16. The van der Waals surface area contributed by atoms with Gasteiger partial charge in [-0.25, -0.2) is 0 Å². The summed E-state index contributed by atoms with van der Waals surface area (Å²) in [7, 11) is 0. The van der Waals surface area contributed by atoms with Crippen LogP contribution in [0, 0.1) is 11.7 Å². The first-order valence-electron chi connectivity index (χ1n) is 9.56. The van der Waals surface area contributed by atoms with Gasteiger partial charge in [0, 0.05) is 12.5 Å². The fraction of sp³-hybridized carbons (Fsp3) is 0.722. The average molecular weight is 418 g/mol. The third kappa shape index (κ3) is 3.19. The Kier molecular flexibility index (Phi) is 4.63. The molecule has 160 valence electrons. The summed E-state index contributed by atoms with van der Waals surface area (Å²) in [6.45, 7) is 2.15. The molecule has 0 amide bonds. The Bertz CT molecular complexity index is 898. The van der Waals surface area contributed by atoms with Gasteiger partial charge in [-0.2, -0.15) is 22.5 Å². The van der Waals surface area contributed by atoms with E-state index in [0.717, 1.165) is 11.8 Å². The predicted octanol–water partition coefficient (Wildman–Crippen LogP) is 1.73. The van der Waals surface area contributed by atoms with Crippen molar-refractivity contribution < 1.29 is 27.1 Å². The number of ketones is 1. The first kappa shape index (κ1) is 20.1. The van der Waals surface area contributed by atoms with Gasteiger partial charge < -0.3 is 14.5 Å². The van der Waals surface area contributed by atoms with Crippen molar-refractivity contribution in [1.82, 2.24) is 9.55 Å². The second kappa shape index (κ2) is 6.68. The minimum Gasteiger partial charge on any atom is -0.377 e. The standard InChI is InChI=1S/C18H22F4N4O3/c1-10-8-29-6-5-24(10)14-13(19)15(28)25-9-17(2,18(20,21)22)26(16(25)23-14)7-12(27)11-3-4-11/h10-11H,3-9H2,1-2H3. The van der Waals surface area contributed by atoms with E-state index in [2.05, 4.69) is 4.98 Å². The second-order valence-corrected chi connectivity index (χ2v) is 8.16. The number of alkyl halides is 3. The van der Waals surface area contributed by atoms with E-state index in [-0.39, 0.29) is 49.3 Å². The van der Waals surface area contributed by atoms with Crippen LogP contribution < -0.4 is 15.4 Å². The van der Waals surface area contributed by atoms with Crippen LogP contribution >= 0.6 is 0 Å². The summed E-state index contributed by atoms with van der Waals surface area (Å²) in [4.78, 5) is 31.5. The average Bonchev–Trinajstić information content (AvgIpc) is 3.45. The molecule has 29 heavy (non-hydrogen) atoms. The fourth-order valence-electron chi connectivity index (χ4n) is 3.88. The fourth-order valence-corrected chi connectivity index (χ4v) is 3.88. The first-order chi connectivity index (χ1) is 13.5. The number of rotatable bonds is 4. The Morgan fingerprint density at radius 1 is 1.34 bits per heavy atom. The Balaban J connectivity index is 1.82. The minimum atomic E-state index is -4.75. The zero-order valence-electron chi connectivity index (χ0n) is 16.1. The van der Waals surface area contributed by atoms with E-state index in [1.54, 1.807) is 6.92 Å². The number of fused-ring (bicyclic) bond motifs is 1. The SMILES string of the molecule is CC1COCCN1c1nc2n(c(=O)c1F)CC(C)(C(F)(F)F)N2CC(=O)C1CC1. The number of anilines is 2. The molecule has 3 heterocycles. The molecular formula is C18H22F4N4O3. The molecule has 2 unspecified atom stereocenters. The van der Waals surface area contributed by atoms with Crippen LogP contribution in [0.4, 0.5) is 29.3 Å². The van der Waals surface area contributed by atoms with Crippen molar-refractivity contribution in [3.05, 3.63) is 16.2 Å². The molecular weight excluding hydrogens is 396 g/mol. The van der Waals surface area contributed by atoms with Crippen molar-refractivity contribution in [2.75, 3.05) is 36.1 Å². The van der Waals surface area contributed by atoms with Gasteiger partial charge in [0.25, 0.3) is 5.56 Å². The van der Waals surface area contributed by atoms with Crippen molar-refractivity contribution in [1.29, 1.82) is 0 Å². The number of nitrogens with zero attached hydrogens (tertiary/aromatic N) is 4. The van der Waals surface area contributed by atoms with E-state index in [1.165, 1.54) is 4.90 Å². The number of Topliss-reactive ketones (excluding diaryl/α,β-unsaturated/α-hetero) is 1. The third-order valence-electron chi connectivity index (χ3n) is 5.98. The van der Waals surface area contributed by atoms with Gasteiger partial charge in [-0.15, -0.1) is 0 Å². The number of hydrogen-bond acceptors (Lipinski definition) is 6. The molecule has 1 aromatic heterocycles. The molecule has 0 bridgehead atoms. The quantitative estimate of drug-likeness (QED) is 0.694.